The number of aromatic hydroxyl groups is 1. The Bertz CT molecular complexity index is 650. The third kappa shape index (κ3) is 2.29. The molecule has 0 radical (unpaired) electrons. The van der Waals surface area contributed by atoms with Crippen molar-refractivity contribution in [2.45, 2.75) is 32.1 Å². The molecule has 2 aromatic heterocycles. The van der Waals surface area contributed by atoms with E-state index in [1.165, 1.54) is 32.1 Å². The fourth-order valence-corrected chi connectivity index (χ4v) is 2.94. The Morgan fingerprint density at radius 1 is 1.40 bits per heavy atom. The molecule has 2 heterocycles. The van der Waals surface area contributed by atoms with Gasteiger partial charge in [0.1, 0.15) is 22.9 Å². The molecule has 0 atom stereocenters. The van der Waals surface area contributed by atoms with E-state index in [0.29, 0.717) is 22.8 Å². The molecule has 0 aliphatic heterocycles. The van der Waals surface area contributed by atoms with Crippen LogP contribution in [0.25, 0.3) is 5.52 Å². The van der Waals surface area contributed by atoms with Crippen molar-refractivity contribution in [3.63, 3.8) is 0 Å². The molecule has 0 bridgehead atoms. The second-order valence-corrected chi connectivity index (χ2v) is 5.41. The number of hydrogen-bond donors (Lipinski definition) is 2. The molecule has 0 saturated heterocycles. The van der Waals surface area contributed by atoms with Crippen molar-refractivity contribution in [3.05, 3.63) is 23.9 Å². The minimum atomic E-state index is 0.0854. The van der Waals surface area contributed by atoms with Crippen LogP contribution < -0.4 is 5.32 Å². The lowest BCUT2D eigenvalue weighted by atomic mass is 9.89. The van der Waals surface area contributed by atoms with Gasteiger partial charge in [0.2, 0.25) is 0 Å². The molecule has 3 rings (SSSR count). The number of hydrogen-bond acceptors (Lipinski definition) is 4. The molecule has 1 aliphatic carbocycles. The highest BCUT2D eigenvalue weighted by Crippen LogP contribution is 2.28. The van der Waals surface area contributed by atoms with E-state index in [4.69, 9.17) is 0 Å². The molecule has 2 aromatic rings. The van der Waals surface area contributed by atoms with Gasteiger partial charge in [-0.05, 0) is 30.9 Å². The maximum atomic E-state index is 9.87. The van der Waals surface area contributed by atoms with Crippen LogP contribution in [0.15, 0.2) is 18.3 Å². The first-order valence-electron chi connectivity index (χ1n) is 7.14. The van der Waals surface area contributed by atoms with Gasteiger partial charge < -0.3 is 10.4 Å². The predicted molar refractivity (Wildman–Crippen MR) is 76.6 cm³/mol. The van der Waals surface area contributed by atoms with Gasteiger partial charge in [0, 0.05) is 12.7 Å². The molecule has 0 amide bonds. The van der Waals surface area contributed by atoms with Crippen molar-refractivity contribution in [2.24, 2.45) is 5.92 Å². The second kappa shape index (κ2) is 5.41. The van der Waals surface area contributed by atoms with Crippen LogP contribution in [-0.2, 0) is 0 Å². The summed E-state index contributed by atoms with van der Waals surface area (Å²) >= 11 is 0. The Morgan fingerprint density at radius 3 is 2.95 bits per heavy atom. The molecule has 0 aromatic carbocycles. The van der Waals surface area contributed by atoms with Gasteiger partial charge in [-0.1, -0.05) is 19.3 Å². The molecular formula is C15H18N4O. The molecule has 5 nitrogen and oxygen atoms in total. The molecule has 0 spiro atoms. The fourth-order valence-electron chi connectivity index (χ4n) is 2.94. The largest absolute Gasteiger partial charge is 0.506 e. The summed E-state index contributed by atoms with van der Waals surface area (Å²) in [5.41, 5.74) is 0.889. The second-order valence-electron chi connectivity index (χ2n) is 5.41. The quantitative estimate of drug-likeness (QED) is 0.899. The number of aromatic nitrogens is 2. The summed E-state index contributed by atoms with van der Waals surface area (Å²) in [6.07, 6.45) is 8.15. The number of rotatable bonds is 3. The van der Waals surface area contributed by atoms with Crippen LogP contribution in [0, 0.1) is 17.2 Å². The first kappa shape index (κ1) is 12.8. The van der Waals surface area contributed by atoms with Gasteiger partial charge in [0.05, 0.1) is 0 Å². The van der Waals surface area contributed by atoms with E-state index >= 15 is 0 Å². The third-order valence-electron chi connectivity index (χ3n) is 4.03. The SMILES string of the molecule is N#Cc1c(NCC2CCCCC2)nn2cccc(O)c12. The predicted octanol–water partition coefficient (Wildman–Crippen LogP) is 2.90. The van der Waals surface area contributed by atoms with Crippen molar-refractivity contribution in [3.8, 4) is 11.8 Å². The van der Waals surface area contributed by atoms with Crippen LogP contribution in [-0.4, -0.2) is 21.3 Å². The van der Waals surface area contributed by atoms with E-state index in [1.807, 2.05) is 0 Å². The summed E-state index contributed by atoms with van der Waals surface area (Å²) < 4.78 is 1.55. The van der Waals surface area contributed by atoms with Gasteiger partial charge in [-0.15, -0.1) is 5.10 Å². The van der Waals surface area contributed by atoms with Crippen LogP contribution in [0.3, 0.4) is 0 Å². The molecule has 2 N–H and O–H groups in total. The fraction of sp³-hybridized carbons (Fsp3) is 0.467. The Morgan fingerprint density at radius 2 is 2.20 bits per heavy atom. The Balaban J connectivity index is 1.84. The molecular weight excluding hydrogens is 252 g/mol. The zero-order valence-electron chi connectivity index (χ0n) is 11.3. The number of nitrogens with one attached hydrogen (secondary N) is 1. The molecule has 0 unspecified atom stereocenters. The highest BCUT2D eigenvalue weighted by Gasteiger charge is 2.18. The lowest BCUT2D eigenvalue weighted by Crippen LogP contribution is -2.17. The zero-order chi connectivity index (χ0) is 13.9. The van der Waals surface area contributed by atoms with E-state index < -0.39 is 0 Å². The van der Waals surface area contributed by atoms with E-state index in [2.05, 4.69) is 16.5 Å². The summed E-state index contributed by atoms with van der Waals surface area (Å²) in [6, 6.07) is 5.42. The summed E-state index contributed by atoms with van der Waals surface area (Å²) in [7, 11) is 0. The maximum Gasteiger partial charge on any atom is 0.167 e. The van der Waals surface area contributed by atoms with Gasteiger partial charge in [-0.25, -0.2) is 4.52 Å². The van der Waals surface area contributed by atoms with Gasteiger partial charge in [-0.3, -0.25) is 0 Å². The van der Waals surface area contributed by atoms with E-state index in [-0.39, 0.29) is 5.75 Å². The molecule has 20 heavy (non-hydrogen) atoms. The first-order chi connectivity index (χ1) is 9.79. The molecule has 104 valence electrons. The minimum absolute atomic E-state index is 0.0854. The standard InChI is InChI=1S/C15H18N4O/c16-9-12-14-13(20)7-4-8-19(14)18-15(12)17-10-11-5-2-1-3-6-11/h4,7-8,11,20H,1-3,5-6,10H2,(H,17,18). The lowest BCUT2D eigenvalue weighted by molar-refractivity contribution is 0.373. The average Bonchev–Trinajstić information content (AvgIpc) is 2.85. The number of anilines is 1. The minimum Gasteiger partial charge on any atom is -0.506 e. The molecule has 5 heteroatoms. The first-order valence-corrected chi connectivity index (χ1v) is 7.14. The molecule has 1 fully saturated rings. The van der Waals surface area contributed by atoms with E-state index in [9.17, 15) is 10.4 Å². The summed E-state index contributed by atoms with van der Waals surface area (Å²) in [5.74, 6) is 1.32. The Hall–Kier alpha value is -2.22. The Kier molecular flexibility index (Phi) is 3.46. The molecule has 1 aliphatic rings. The number of fused-ring (bicyclic) bond motifs is 1. The summed E-state index contributed by atoms with van der Waals surface area (Å²) in [4.78, 5) is 0. The summed E-state index contributed by atoms with van der Waals surface area (Å²) in [5, 5.41) is 26.8. The van der Waals surface area contributed by atoms with Crippen molar-refractivity contribution in [2.75, 3.05) is 11.9 Å². The highest BCUT2D eigenvalue weighted by atomic mass is 16.3. The Labute approximate surface area is 117 Å². The smallest absolute Gasteiger partial charge is 0.167 e. The van der Waals surface area contributed by atoms with Crippen LogP contribution in [0.5, 0.6) is 5.75 Å². The van der Waals surface area contributed by atoms with E-state index in [1.54, 1.807) is 22.8 Å². The van der Waals surface area contributed by atoms with Crippen LogP contribution in [0.1, 0.15) is 37.7 Å². The third-order valence-corrected chi connectivity index (χ3v) is 4.03. The number of nitrogens with zero attached hydrogens (tertiary/aromatic N) is 3. The lowest BCUT2D eigenvalue weighted by Gasteiger charge is -2.21. The molecule has 1 saturated carbocycles. The number of pyridine rings is 1. The topological polar surface area (TPSA) is 73.4 Å². The van der Waals surface area contributed by atoms with Gasteiger partial charge in [0.15, 0.2) is 5.82 Å². The van der Waals surface area contributed by atoms with Crippen molar-refractivity contribution in [1.82, 2.24) is 9.61 Å². The maximum absolute atomic E-state index is 9.87. The van der Waals surface area contributed by atoms with Crippen LogP contribution >= 0.6 is 0 Å². The highest BCUT2D eigenvalue weighted by molar-refractivity contribution is 5.76. The normalized spacial score (nSPS) is 16.1. The monoisotopic (exact) mass is 270 g/mol. The van der Waals surface area contributed by atoms with Crippen LogP contribution in [0.4, 0.5) is 5.82 Å². The van der Waals surface area contributed by atoms with Gasteiger partial charge in [0.25, 0.3) is 0 Å². The van der Waals surface area contributed by atoms with Crippen molar-refractivity contribution in [1.29, 1.82) is 5.26 Å². The van der Waals surface area contributed by atoms with Crippen molar-refractivity contribution < 1.29 is 5.11 Å². The average molecular weight is 270 g/mol. The van der Waals surface area contributed by atoms with Gasteiger partial charge >= 0.3 is 0 Å². The van der Waals surface area contributed by atoms with Crippen LogP contribution in [0.2, 0.25) is 0 Å². The zero-order valence-corrected chi connectivity index (χ0v) is 11.3. The van der Waals surface area contributed by atoms with Crippen molar-refractivity contribution >= 4 is 11.3 Å². The number of nitriles is 1. The van der Waals surface area contributed by atoms with E-state index in [0.717, 1.165) is 6.54 Å². The summed E-state index contributed by atoms with van der Waals surface area (Å²) in [6.45, 7) is 0.847. The van der Waals surface area contributed by atoms with Gasteiger partial charge in [-0.2, -0.15) is 5.26 Å².